The zero-order valence-corrected chi connectivity index (χ0v) is 14.8. The van der Waals surface area contributed by atoms with Crippen LogP contribution in [0.5, 0.6) is 5.75 Å². The molecule has 1 aromatic carbocycles. The zero-order chi connectivity index (χ0) is 16.9. The van der Waals surface area contributed by atoms with Crippen molar-refractivity contribution in [2.24, 2.45) is 5.92 Å². The fourth-order valence-electron chi connectivity index (χ4n) is 2.31. The van der Waals surface area contributed by atoms with E-state index in [1.807, 2.05) is 30.3 Å². The molecule has 0 saturated carbocycles. The molecular formula is C20H31NO2. The first-order valence-electron chi connectivity index (χ1n) is 8.88. The molecule has 0 aliphatic rings. The molecule has 1 atom stereocenters. The Balaban J connectivity index is 2.39. The highest BCUT2D eigenvalue weighted by atomic mass is 16.5. The van der Waals surface area contributed by atoms with Crippen molar-refractivity contribution in [1.29, 1.82) is 0 Å². The van der Waals surface area contributed by atoms with Crippen molar-refractivity contribution < 1.29 is 9.53 Å². The zero-order valence-electron chi connectivity index (χ0n) is 14.8. The van der Waals surface area contributed by atoms with E-state index in [1.54, 1.807) is 6.08 Å². The third-order valence-electron chi connectivity index (χ3n) is 3.89. The summed E-state index contributed by atoms with van der Waals surface area (Å²) in [5.41, 5.74) is 1.00. The van der Waals surface area contributed by atoms with Crippen molar-refractivity contribution in [3.05, 3.63) is 35.9 Å². The number of hydrogen-bond donors (Lipinski definition) is 1. The van der Waals surface area contributed by atoms with Gasteiger partial charge in [0.15, 0.2) is 0 Å². The van der Waals surface area contributed by atoms with Crippen LogP contribution in [0, 0.1) is 5.92 Å². The highest BCUT2D eigenvalue weighted by Crippen LogP contribution is 2.14. The summed E-state index contributed by atoms with van der Waals surface area (Å²) in [6, 6.07) is 7.80. The Hall–Kier alpha value is -1.77. The monoisotopic (exact) mass is 317 g/mol. The van der Waals surface area contributed by atoms with Gasteiger partial charge in [-0.2, -0.15) is 0 Å². The van der Waals surface area contributed by atoms with Gasteiger partial charge in [-0.3, -0.25) is 4.79 Å². The van der Waals surface area contributed by atoms with Gasteiger partial charge in [0.1, 0.15) is 5.75 Å². The predicted octanol–water partition coefficient (Wildman–Crippen LogP) is 4.82. The summed E-state index contributed by atoms with van der Waals surface area (Å²) in [4.78, 5) is 11.9. The van der Waals surface area contributed by atoms with E-state index in [1.165, 1.54) is 19.3 Å². The molecule has 1 aromatic rings. The van der Waals surface area contributed by atoms with Gasteiger partial charge in [-0.1, -0.05) is 52.2 Å². The number of hydrogen-bond acceptors (Lipinski definition) is 2. The maximum absolute atomic E-state index is 11.9. The van der Waals surface area contributed by atoms with E-state index in [4.69, 9.17) is 4.74 Å². The first kappa shape index (κ1) is 19.3. The molecular weight excluding hydrogens is 286 g/mol. The minimum Gasteiger partial charge on any atom is -0.494 e. The average molecular weight is 317 g/mol. The first-order chi connectivity index (χ1) is 11.2. The second-order valence-electron chi connectivity index (χ2n) is 5.91. The summed E-state index contributed by atoms with van der Waals surface area (Å²) in [6.07, 6.45) is 9.19. The number of amides is 1. The van der Waals surface area contributed by atoms with Crippen LogP contribution in [-0.2, 0) is 4.79 Å². The van der Waals surface area contributed by atoms with Crippen molar-refractivity contribution in [3.63, 3.8) is 0 Å². The van der Waals surface area contributed by atoms with E-state index >= 15 is 0 Å². The van der Waals surface area contributed by atoms with Gasteiger partial charge >= 0.3 is 0 Å². The number of rotatable bonds is 11. The highest BCUT2D eigenvalue weighted by Gasteiger charge is 2.06. The molecule has 0 bridgehead atoms. The average Bonchev–Trinajstić information content (AvgIpc) is 2.59. The Morgan fingerprint density at radius 2 is 1.91 bits per heavy atom. The lowest BCUT2D eigenvalue weighted by Crippen LogP contribution is -2.27. The number of carbonyl (C=O) groups is 1. The van der Waals surface area contributed by atoms with E-state index < -0.39 is 0 Å². The Kier molecular flexibility index (Phi) is 9.85. The Labute approximate surface area is 141 Å². The van der Waals surface area contributed by atoms with E-state index in [-0.39, 0.29) is 5.91 Å². The Morgan fingerprint density at radius 1 is 1.17 bits per heavy atom. The molecule has 0 aliphatic carbocycles. The van der Waals surface area contributed by atoms with E-state index in [0.29, 0.717) is 5.92 Å². The lowest BCUT2D eigenvalue weighted by atomic mass is 9.99. The molecule has 3 heteroatoms. The summed E-state index contributed by atoms with van der Waals surface area (Å²) in [5, 5.41) is 3.00. The summed E-state index contributed by atoms with van der Waals surface area (Å²) >= 11 is 0. The van der Waals surface area contributed by atoms with Crippen LogP contribution in [0.4, 0.5) is 0 Å². The Morgan fingerprint density at radius 3 is 2.52 bits per heavy atom. The lowest BCUT2D eigenvalue weighted by molar-refractivity contribution is -0.116. The van der Waals surface area contributed by atoms with Crippen LogP contribution in [0.3, 0.4) is 0 Å². The van der Waals surface area contributed by atoms with Crippen molar-refractivity contribution in [2.75, 3.05) is 13.2 Å². The summed E-state index contributed by atoms with van der Waals surface area (Å²) in [7, 11) is 0. The molecule has 0 spiro atoms. The minimum absolute atomic E-state index is 0.0220. The molecule has 1 N–H and O–H groups in total. The lowest BCUT2D eigenvalue weighted by Gasteiger charge is -2.14. The van der Waals surface area contributed by atoms with Crippen LogP contribution in [0.25, 0.3) is 6.08 Å². The molecule has 0 aliphatic heterocycles. The molecule has 1 amide bonds. The number of unbranched alkanes of at least 4 members (excludes halogenated alkanes) is 1. The SMILES string of the molecule is CCCCC(CC)CNC(=O)C=Cc1ccc(OCCC)cc1. The third-order valence-corrected chi connectivity index (χ3v) is 3.89. The minimum atomic E-state index is -0.0220. The normalized spacial score (nSPS) is 12.3. The van der Waals surface area contributed by atoms with Crippen molar-refractivity contribution in [1.82, 2.24) is 5.32 Å². The van der Waals surface area contributed by atoms with E-state index in [0.717, 1.165) is 37.3 Å². The van der Waals surface area contributed by atoms with Gasteiger partial charge < -0.3 is 10.1 Å². The number of ether oxygens (including phenoxy) is 1. The van der Waals surface area contributed by atoms with Gasteiger partial charge in [0.25, 0.3) is 0 Å². The van der Waals surface area contributed by atoms with Crippen LogP contribution in [0.15, 0.2) is 30.3 Å². The predicted molar refractivity (Wildman–Crippen MR) is 97.6 cm³/mol. The first-order valence-corrected chi connectivity index (χ1v) is 8.88. The van der Waals surface area contributed by atoms with E-state index in [9.17, 15) is 4.79 Å². The second-order valence-corrected chi connectivity index (χ2v) is 5.91. The van der Waals surface area contributed by atoms with Crippen LogP contribution in [-0.4, -0.2) is 19.1 Å². The molecule has 0 heterocycles. The molecule has 128 valence electrons. The molecule has 3 nitrogen and oxygen atoms in total. The molecule has 0 radical (unpaired) electrons. The molecule has 23 heavy (non-hydrogen) atoms. The maximum atomic E-state index is 11.9. The van der Waals surface area contributed by atoms with Gasteiger partial charge in [-0.25, -0.2) is 0 Å². The van der Waals surface area contributed by atoms with Crippen molar-refractivity contribution in [2.45, 2.75) is 52.9 Å². The molecule has 1 unspecified atom stereocenters. The second kappa shape index (κ2) is 11.8. The van der Waals surface area contributed by atoms with E-state index in [2.05, 4.69) is 26.1 Å². The van der Waals surface area contributed by atoms with Gasteiger partial charge in [0.05, 0.1) is 6.61 Å². The van der Waals surface area contributed by atoms with Crippen molar-refractivity contribution in [3.8, 4) is 5.75 Å². The fraction of sp³-hybridized carbons (Fsp3) is 0.550. The standard InChI is InChI=1S/C20H31NO2/c1-4-7-8-17(6-3)16-21-20(22)14-11-18-9-12-19(13-10-18)23-15-5-2/h9-14,17H,4-8,15-16H2,1-3H3,(H,21,22). The van der Waals surface area contributed by atoms with Crippen LogP contribution in [0.2, 0.25) is 0 Å². The summed E-state index contributed by atoms with van der Waals surface area (Å²) < 4.78 is 5.54. The number of benzene rings is 1. The third kappa shape index (κ3) is 8.44. The van der Waals surface area contributed by atoms with Crippen LogP contribution >= 0.6 is 0 Å². The topological polar surface area (TPSA) is 38.3 Å². The van der Waals surface area contributed by atoms with Crippen LogP contribution < -0.4 is 10.1 Å². The number of carbonyl (C=O) groups excluding carboxylic acids is 1. The molecule has 0 fully saturated rings. The largest absolute Gasteiger partial charge is 0.494 e. The summed E-state index contributed by atoms with van der Waals surface area (Å²) in [6.45, 7) is 7.97. The quantitative estimate of drug-likeness (QED) is 0.594. The van der Waals surface area contributed by atoms with Gasteiger partial charge in [0.2, 0.25) is 5.91 Å². The van der Waals surface area contributed by atoms with Gasteiger partial charge in [-0.05, 0) is 42.5 Å². The van der Waals surface area contributed by atoms with Gasteiger partial charge in [-0.15, -0.1) is 0 Å². The van der Waals surface area contributed by atoms with Crippen molar-refractivity contribution >= 4 is 12.0 Å². The molecule has 0 saturated heterocycles. The highest BCUT2D eigenvalue weighted by molar-refractivity contribution is 5.91. The van der Waals surface area contributed by atoms with Gasteiger partial charge in [0, 0.05) is 12.6 Å². The fourth-order valence-corrected chi connectivity index (χ4v) is 2.31. The Bertz CT molecular complexity index is 465. The number of nitrogens with one attached hydrogen (secondary N) is 1. The maximum Gasteiger partial charge on any atom is 0.244 e. The molecule has 0 aromatic heterocycles. The smallest absolute Gasteiger partial charge is 0.244 e. The van der Waals surface area contributed by atoms with Crippen LogP contribution in [0.1, 0.15) is 58.4 Å². The molecule has 1 rings (SSSR count). The summed E-state index contributed by atoms with van der Waals surface area (Å²) in [5.74, 6) is 1.43.